The van der Waals surface area contributed by atoms with E-state index in [1.807, 2.05) is 35.7 Å². The van der Waals surface area contributed by atoms with Crippen molar-refractivity contribution in [2.24, 2.45) is 5.92 Å². The molecule has 2 heterocycles. The third kappa shape index (κ3) is 2.28. The number of rotatable bonds is 1. The fraction of sp³-hybridized carbons (Fsp3) is 0.421. The number of fused-ring (bicyclic) bond motifs is 2. The highest BCUT2D eigenvalue weighted by molar-refractivity contribution is 7.12. The average Bonchev–Trinajstić information content (AvgIpc) is 3.02. The summed E-state index contributed by atoms with van der Waals surface area (Å²) in [5, 5.41) is 13.9. The predicted molar refractivity (Wildman–Crippen MR) is 92.0 cm³/mol. The van der Waals surface area contributed by atoms with Crippen LogP contribution in [0.3, 0.4) is 0 Å². The number of Topliss-reactive ketones (excluding diaryl/α,β-unsaturated/α-hetero) is 1. The molecule has 0 spiro atoms. The molecule has 1 aliphatic carbocycles. The van der Waals surface area contributed by atoms with Crippen LogP contribution in [0.25, 0.3) is 0 Å². The third-order valence-corrected chi connectivity index (χ3v) is 6.37. The van der Waals surface area contributed by atoms with Crippen LogP contribution >= 0.6 is 11.3 Å². The van der Waals surface area contributed by atoms with Gasteiger partial charge in [0.25, 0.3) is 0 Å². The van der Waals surface area contributed by atoms with Gasteiger partial charge < -0.3 is 10.0 Å². The molecule has 23 heavy (non-hydrogen) atoms. The van der Waals surface area contributed by atoms with Gasteiger partial charge in [0.15, 0.2) is 5.78 Å². The van der Waals surface area contributed by atoms with Gasteiger partial charge in [-0.25, -0.2) is 0 Å². The first-order valence-corrected chi connectivity index (χ1v) is 9.09. The lowest BCUT2D eigenvalue weighted by atomic mass is 9.71. The molecule has 4 rings (SSSR count). The number of carbonyl (C=O) groups excluding carboxylic acids is 1. The molecule has 0 bridgehead atoms. The molecule has 3 nitrogen and oxygen atoms in total. The summed E-state index contributed by atoms with van der Waals surface area (Å²) < 4.78 is 0. The second-order valence-corrected chi connectivity index (χ2v) is 7.68. The van der Waals surface area contributed by atoms with E-state index in [4.69, 9.17) is 0 Å². The summed E-state index contributed by atoms with van der Waals surface area (Å²) in [7, 11) is 2.13. The number of benzene rings is 1. The fourth-order valence-electron chi connectivity index (χ4n) is 4.14. The van der Waals surface area contributed by atoms with Crippen molar-refractivity contribution < 1.29 is 9.90 Å². The van der Waals surface area contributed by atoms with E-state index in [-0.39, 0.29) is 11.7 Å². The van der Waals surface area contributed by atoms with Crippen molar-refractivity contribution >= 4 is 17.1 Å². The highest BCUT2D eigenvalue weighted by Gasteiger charge is 2.46. The molecule has 0 radical (unpaired) electrons. The van der Waals surface area contributed by atoms with Gasteiger partial charge in [-0.3, -0.25) is 4.79 Å². The highest BCUT2D eigenvalue weighted by atomic mass is 32.1. The molecule has 2 aromatic rings. The monoisotopic (exact) mass is 327 g/mol. The Morgan fingerprint density at radius 3 is 2.70 bits per heavy atom. The first kappa shape index (κ1) is 15.1. The molecule has 1 saturated heterocycles. The van der Waals surface area contributed by atoms with E-state index in [1.165, 1.54) is 11.3 Å². The molecule has 1 aliphatic heterocycles. The summed E-state index contributed by atoms with van der Waals surface area (Å²) in [5.41, 5.74) is 1.69. The van der Waals surface area contributed by atoms with Crippen LogP contribution in [0.1, 0.15) is 39.2 Å². The maximum atomic E-state index is 12.6. The number of hydrogen-bond acceptors (Lipinski definition) is 4. The van der Waals surface area contributed by atoms with E-state index in [0.717, 1.165) is 47.5 Å². The van der Waals surface area contributed by atoms with Crippen LogP contribution in [-0.4, -0.2) is 35.9 Å². The van der Waals surface area contributed by atoms with Gasteiger partial charge in [-0.15, -0.1) is 11.3 Å². The van der Waals surface area contributed by atoms with Crippen LogP contribution in [0.15, 0.2) is 35.7 Å². The molecule has 120 valence electrons. The van der Waals surface area contributed by atoms with Crippen molar-refractivity contribution in [3.8, 4) is 0 Å². The van der Waals surface area contributed by atoms with Gasteiger partial charge in [0.1, 0.15) is 5.60 Å². The van der Waals surface area contributed by atoms with E-state index in [9.17, 15) is 9.90 Å². The summed E-state index contributed by atoms with van der Waals surface area (Å²) in [6, 6.07) is 9.89. The van der Waals surface area contributed by atoms with Gasteiger partial charge >= 0.3 is 0 Å². The molecule has 1 unspecified atom stereocenters. The summed E-state index contributed by atoms with van der Waals surface area (Å²) in [6.45, 7) is 1.98. The van der Waals surface area contributed by atoms with Crippen molar-refractivity contribution in [3.63, 3.8) is 0 Å². The zero-order valence-corrected chi connectivity index (χ0v) is 14.1. The molecule has 1 N–H and O–H groups in total. The van der Waals surface area contributed by atoms with Crippen LogP contribution in [0.2, 0.25) is 0 Å². The molecule has 0 saturated carbocycles. The Hall–Kier alpha value is -1.49. The van der Waals surface area contributed by atoms with Gasteiger partial charge in [0.05, 0.1) is 4.88 Å². The van der Waals surface area contributed by atoms with Crippen LogP contribution in [0.4, 0.5) is 0 Å². The van der Waals surface area contributed by atoms with E-state index in [2.05, 4.69) is 11.9 Å². The minimum atomic E-state index is -1.04. The molecular formula is C19H21NO2S. The number of carbonyl (C=O) groups is 1. The molecule has 4 heteroatoms. The maximum absolute atomic E-state index is 12.6. The maximum Gasteiger partial charge on any atom is 0.177 e. The van der Waals surface area contributed by atoms with Gasteiger partial charge in [-0.2, -0.15) is 0 Å². The Morgan fingerprint density at radius 1 is 1.17 bits per heavy atom. The lowest BCUT2D eigenvalue weighted by molar-refractivity contribution is -0.0110. The number of piperidine rings is 1. The zero-order chi connectivity index (χ0) is 16.0. The van der Waals surface area contributed by atoms with E-state index in [1.54, 1.807) is 0 Å². The molecule has 1 atom stereocenters. The molecule has 1 fully saturated rings. The molecular weight excluding hydrogens is 306 g/mol. The Kier molecular flexibility index (Phi) is 3.63. The molecule has 0 amide bonds. The van der Waals surface area contributed by atoms with Gasteiger partial charge in [-0.05, 0) is 61.5 Å². The van der Waals surface area contributed by atoms with Gasteiger partial charge in [-0.1, -0.05) is 24.3 Å². The minimum Gasteiger partial charge on any atom is -0.380 e. The lowest BCUT2D eigenvalue weighted by Crippen LogP contribution is -2.43. The standard InChI is InChI=1S/C19H21NO2S/c1-20-9-6-14(7-10-20)19(22)15-5-3-2-4-13(15)12-17(21)18-16(19)8-11-23-18/h2-5,8,11,14,22H,6-7,9-10,12H2,1H3. The summed E-state index contributed by atoms with van der Waals surface area (Å²) in [5.74, 6) is 0.283. The van der Waals surface area contributed by atoms with Crippen LogP contribution in [-0.2, 0) is 12.0 Å². The largest absolute Gasteiger partial charge is 0.380 e. The van der Waals surface area contributed by atoms with Gasteiger partial charge in [0.2, 0.25) is 0 Å². The average molecular weight is 327 g/mol. The number of nitrogens with zero attached hydrogens (tertiary/aromatic N) is 1. The number of hydrogen-bond donors (Lipinski definition) is 1. The molecule has 1 aromatic carbocycles. The summed E-state index contributed by atoms with van der Waals surface area (Å²) in [6.07, 6.45) is 2.29. The van der Waals surface area contributed by atoms with Crippen molar-refractivity contribution in [3.05, 3.63) is 57.3 Å². The molecule has 2 aliphatic rings. The highest BCUT2D eigenvalue weighted by Crippen LogP contribution is 2.47. The van der Waals surface area contributed by atoms with Gasteiger partial charge in [0, 0.05) is 12.0 Å². The number of ketones is 1. The summed E-state index contributed by atoms with van der Waals surface area (Å²) in [4.78, 5) is 15.7. The Bertz CT molecular complexity index is 745. The fourth-order valence-corrected chi connectivity index (χ4v) is 5.03. The van der Waals surface area contributed by atoms with E-state index >= 15 is 0 Å². The van der Waals surface area contributed by atoms with Crippen molar-refractivity contribution in [1.82, 2.24) is 4.90 Å². The lowest BCUT2D eigenvalue weighted by Gasteiger charge is -2.41. The van der Waals surface area contributed by atoms with E-state index in [0.29, 0.717) is 6.42 Å². The van der Waals surface area contributed by atoms with Crippen LogP contribution in [0, 0.1) is 5.92 Å². The van der Waals surface area contributed by atoms with E-state index < -0.39 is 5.60 Å². The normalized spacial score (nSPS) is 25.7. The Morgan fingerprint density at radius 2 is 1.91 bits per heavy atom. The topological polar surface area (TPSA) is 40.5 Å². The van der Waals surface area contributed by atoms with Crippen molar-refractivity contribution in [2.75, 3.05) is 20.1 Å². The first-order valence-electron chi connectivity index (χ1n) is 8.21. The second kappa shape index (κ2) is 5.55. The third-order valence-electron chi connectivity index (χ3n) is 5.42. The van der Waals surface area contributed by atoms with Crippen LogP contribution < -0.4 is 0 Å². The van der Waals surface area contributed by atoms with Crippen molar-refractivity contribution in [1.29, 1.82) is 0 Å². The Balaban J connectivity index is 1.91. The Labute approximate surface area is 140 Å². The predicted octanol–water partition coefficient (Wildman–Crippen LogP) is 3.06. The minimum absolute atomic E-state index is 0.131. The summed E-state index contributed by atoms with van der Waals surface area (Å²) >= 11 is 1.46. The van der Waals surface area contributed by atoms with Crippen molar-refractivity contribution in [2.45, 2.75) is 24.9 Å². The number of aliphatic hydroxyl groups is 1. The quantitative estimate of drug-likeness (QED) is 0.875. The first-order chi connectivity index (χ1) is 11.1. The number of likely N-dealkylation sites (tertiary alicyclic amines) is 1. The van der Waals surface area contributed by atoms with Crippen LogP contribution in [0.5, 0.6) is 0 Å². The molecule has 1 aromatic heterocycles. The smallest absolute Gasteiger partial charge is 0.177 e. The second-order valence-electron chi connectivity index (χ2n) is 6.76. The zero-order valence-electron chi connectivity index (χ0n) is 13.3. The number of thiophene rings is 1. The SMILES string of the molecule is CN1CCC(C2(O)c3ccccc3CC(=O)c3sccc32)CC1.